The van der Waals surface area contributed by atoms with E-state index in [9.17, 15) is 0 Å². The van der Waals surface area contributed by atoms with E-state index in [1.807, 2.05) is 24.3 Å². The van der Waals surface area contributed by atoms with Crippen LogP contribution in [0.15, 0.2) is 42.5 Å². The Hall–Kier alpha value is -1.36. The molecule has 2 aromatic carbocycles. The van der Waals surface area contributed by atoms with Crippen LogP contribution in [-0.4, -0.2) is 17.2 Å². The highest BCUT2D eigenvalue weighted by atomic mass is 32.1. The van der Waals surface area contributed by atoms with Gasteiger partial charge < -0.3 is 10.0 Å². The average molecular weight is 228 g/mol. The third-order valence-electron chi connectivity index (χ3n) is 2.70. The first kappa shape index (κ1) is 9.84. The molecule has 0 aliphatic carbocycles. The lowest BCUT2D eigenvalue weighted by Crippen LogP contribution is -2.26. The van der Waals surface area contributed by atoms with Gasteiger partial charge in [0, 0.05) is 9.48 Å². The normalized spacial score (nSPS) is 11.1. The van der Waals surface area contributed by atoms with Gasteiger partial charge in [0.25, 0.3) is 0 Å². The van der Waals surface area contributed by atoms with Gasteiger partial charge in [-0.1, -0.05) is 30.3 Å². The van der Waals surface area contributed by atoms with Crippen LogP contribution in [0.25, 0.3) is 20.9 Å². The van der Waals surface area contributed by atoms with Crippen molar-refractivity contribution < 1.29 is 10.0 Å². The molecule has 0 unspecified atom stereocenters. The molecule has 0 amide bonds. The lowest BCUT2D eigenvalue weighted by Gasteiger charge is -1.97. The first-order valence-corrected chi connectivity index (χ1v) is 5.85. The smallest absolute Gasteiger partial charge is 0.423 e. The topological polar surface area (TPSA) is 40.5 Å². The van der Waals surface area contributed by atoms with Crippen molar-refractivity contribution in [1.82, 2.24) is 0 Å². The number of fused-ring (bicyclic) bond motifs is 3. The lowest BCUT2D eigenvalue weighted by molar-refractivity contribution is 0.427. The van der Waals surface area contributed by atoms with E-state index in [0.717, 1.165) is 15.5 Å². The van der Waals surface area contributed by atoms with Crippen molar-refractivity contribution in [3.8, 4) is 0 Å². The molecule has 0 fully saturated rings. The maximum absolute atomic E-state index is 9.16. The number of benzene rings is 2. The van der Waals surface area contributed by atoms with E-state index in [-0.39, 0.29) is 0 Å². The Morgan fingerprint density at radius 2 is 1.75 bits per heavy atom. The van der Waals surface area contributed by atoms with Crippen molar-refractivity contribution in [2.24, 2.45) is 0 Å². The second-order valence-electron chi connectivity index (χ2n) is 3.72. The second kappa shape index (κ2) is 3.59. The van der Waals surface area contributed by atoms with Crippen molar-refractivity contribution in [3.63, 3.8) is 0 Å². The molecule has 0 atom stereocenters. The first-order valence-electron chi connectivity index (χ1n) is 5.03. The van der Waals surface area contributed by atoms with Crippen LogP contribution in [0.5, 0.6) is 0 Å². The molecule has 0 saturated carbocycles. The van der Waals surface area contributed by atoms with Crippen LogP contribution in [0.4, 0.5) is 0 Å². The van der Waals surface area contributed by atoms with Gasteiger partial charge in [-0.3, -0.25) is 0 Å². The molecule has 78 valence electrons. The van der Waals surface area contributed by atoms with E-state index in [4.69, 9.17) is 10.0 Å². The Labute approximate surface area is 96.9 Å². The SMILES string of the molecule is OB(O)c1cc2c(ccc3ccccc32)s1. The number of rotatable bonds is 1. The monoisotopic (exact) mass is 228 g/mol. The van der Waals surface area contributed by atoms with Gasteiger partial charge in [0.15, 0.2) is 0 Å². The molecule has 3 rings (SSSR count). The van der Waals surface area contributed by atoms with E-state index >= 15 is 0 Å². The zero-order valence-corrected chi connectivity index (χ0v) is 9.24. The largest absolute Gasteiger partial charge is 0.499 e. The highest BCUT2D eigenvalue weighted by Crippen LogP contribution is 2.27. The predicted octanol–water partition coefficient (Wildman–Crippen LogP) is 1.73. The Balaban J connectivity index is 2.41. The molecule has 1 aromatic heterocycles. The summed E-state index contributed by atoms with van der Waals surface area (Å²) in [6.45, 7) is 0. The van der Waals surface area contributed by atoms with Crippen molar-refractivity contribution in [2.45, 2.75) is 0 Å². The summed E-state index contributed by atoms with van der Waals surface area (Å²) in [7, 11) is -1.38. The molecule has 2 N–H and O–H groups in total. The molecular weight excluding hydrogens is 219 g/mol. The standard InChI is InChI=1S/C12H9BO2S/c14-13(15)12-7-10-9-4-2-1-3-8(9)5-6-11(10)16-12/h1-7,14-15H. The molecule has 0 radical (unpaired) electrons. The van der Waals surface area contributed by atoms with Crippen molar-refractivity contribution in [1.29, 1.82) is 0 Å². The molecular formula is C12H9BO2S. The summed E-state index contributed by atoms with van der Waals surface area (Å²) in [5.41, 5.74) is 0. The maximum atomic E-state index is 9.16. The highest BCUT2D eigenvalue weighted by Gasteiger charge is 2.15. The summed E-state index contributed by atoms with van der Waals surface area (Å²) in [6.07, 6.45) is 0. The summed E-state index contributed by atoms with van der Waals surface area (Å²) in [5, 5.41) is 21.7. The van der Waals surface area contributed by atoms with Gasteiger partial charge in [-0.15, -0.1) is 11.3 Å². The Bertz CT molecular complexity index is 660. The molecule has 0 aliphatic heterocycles. The van der Waals surface area contributed by atoms with E-state index in [0.29, 0.717) is 4.78 Å². The number of hydrogen-bond acceptors (Lipinski definition) is 3. The number of hydrogen-bond donors (Lipinski definition) is 2. The zero-order chi connectivity index (χ0) is 11.1. The minimum absolute atomic E-state index is 0.589. The lowest BCUT2D eigenvalue weighted by atomic mass is 9.89. The first-order chi connectivity index (χ1) is 7.75. The van der Waals surface area contributed by atoms with Gasteiger partial charge in [0.2, 0.25) is 0 Å². The van der Waals surface area contributed by atoms with Gasteiger partial charge in [0.1, 0.15) is 0 Å². The van der Waals surface area contributed by atoms with Crippen LogP contribution in [-0.2, 0) is 0 Å². The summed E-state index contributed by atoms with van der Waals surface area (Å²) < 4.78 is 1.67. The third kappa shape index (κ3) is 1.43. The van der Waals surface area contributed by atoms with Gasteiger partial charge in [-0.05, 0) is 28.3 Å². The van der Waals surface area contributed by atoms with Gasteiger partial charge in [0.05, 0.1) is 0 Å². The minimum atomic E-state index is -1.38. The van der Waals surface area contributed by atoms with Crippen molar-refractivity contribution >= 4 is 44.1 Å². The van der Waals surface area contributed by atoms with Gasteiger partial charge in [-0.25, -0.2) is 0 Å². The van der Waals surface area contributed by atoms with E-state index < -0.39 is 7.12 Å². The van der Waals surface area contributed by atoms with Crippen LogP contribution >= 0.6 is 11.3 Å². The van der Waals surface area contributed by atoms with E-state index in [1.165, 1.54) is 16.7 Å². The van der Waals surface area contributed by atoms with Crippen LogP contribution < -0.4 is 4.78 Å². The Morgan fingerprint density at radius 1 is 0.938 bits per heavy atom. The molecule has 0 spiro atoms. The molecule has 3 aromatic rings. The highest BCUT2D eigenvalue weighted by molar-refractivity contribution is 7.28. The summed E-state index contributed by atoms with van der Waals surface area (Å²) >= 11 is 1.42. The van der Waals surface area contributed by atoms with Crippen molar-refractivity contribution in [2.75, 3.05) is 0 Å². The van der Waals surface area contributed by atoms with Gasteiger partial charge >= 0.3 is 7.12 Å². The van der Waals surface area contributed by atoms with Crippen LogP contribution in [0, 0.1) is 0 Å². The molecule has 4 heteroatoms. The number of thiophene rings is 1. The van der Waals surface area contributed by atoms with Crippen LogP contribution in [0.2, 0.25) is 0 Å². The fraction of sp³-hybridized carbons (Fsp3) is 0. The van der Waals surface area contributed by atoms with Crippen LogP contribution in [0.1, 0.15) is 0 Å². The Kier molecular flexibility index (Phi) is 2.21. The molecule has 0 bridgehead atoms. The quantitative estimate of drug-likeness (QED) is 0.622. The summed E-state index contributed by atoms with van der Waals surface area (Å²) in [4.78, 5) is 0. The molecule has 0 saturated heterocycles. The van der Waals surface area contributed by atoms with E-state index in [1.54, 1.807) is 0 Å². The molecule has 0 aliphatic rings. The average Bonchev–Trinajstić information content (AvgIpc) is 2.73. The predicted molar refractivity (Wildman–Crippen MR) is 69.2 cm³/mol. The van der Waals surface area contributed by atoms with Gasteiger partial charge in [-0.2, -0.15) is 0 Å². The molecule has 1 heterocycles. The Morgan fingerprint density at radius 3 is 2.56 bits per heavy atom. The molecule has 16 heavy (non-hydrogen) atoms. The fourth-order valence-corrected chi connectivity index (χ4v) is 2.89. The van der Waals surface area contributed by atoms with Crippen LogP contribution in [0.3, 0.4) is 0 Å². The third-order valence-corrected chi connectivity index (χ3v) is 3.84. The second-order valence-corrected chi connectivity index (χ2v) is 4.84. The summed E-state index contributed by atoms with van der Waals surface area (Å²) in [6, 6.07) is 14.0. The zero-order valence-electron chi connectivity index (χ0n) is 8.42. The van der Waals surface area contributed by atoms with Crippen molar-refractivity contribution in [3.05, 3.63) is 42.5 Å². The summed E-state index contributed by atoms with van der Waals surface area (Å²) in [5.74, 6) is 0. The molecule has 2 nitrogen and oxygen atoms in total. The van der Waals surface area contributed by atoms with E-state index in [2.05, 4.69) is 18.2 Å². The maximum Gasteiger partial charge on any atom is 0.499 e. The fourth-order valence-electron chi connectivity index (χ4n) is 1.94. The minimum Gasteiger partial charge on any atom is -0.423 e.